The maximum Gasteiger partial charge on any atom is 0.277 e. The molecule has 6 heteroatoms. The van der Waals surface area contributed by atoms with Crippen molar-refractivity contribution in [3.8, 4) is 11.3 Å². The maximum atomic E-state index is 12.7. The van der Waals surface area contributed by atoms with Gasteiger partial charge in [0.15, 0.2) is 0 Å². The largest absolute Gasteiger partial charge is 0.352 e. The van der Waals surface area contributed by atoms with E-state index in [9.17, 15) is 9.59 Å². The SMILES string of the molecule is Cc1ccc(-c2cc3c(=O)n(CC(=O)NC4CCCC4)ccn3n2)cc1. The first-order valence-electron chi connectivity index (χ1n) is 9.05. The summed E-state index contributed by atoms with van der Waals surface area (Å²) >= 11 is 0. The molecule has 1 N–H and O–H groups in total. The molecule has 0 bridgehead atoms. The van der Waals surface area contributed by atoms with Crippen LogP contribution in [-0.2, 0) is 11.3 Å². The summed E-state index contributed by atoms with van der Waals surface area (Å²) in [4.78, 5) is 24.9. The van der Waals surface area contributed by atoms with Crippen LogP contribution in [0, 0.1) is 6.92 Å². The zero-order chi connectivity index (χ0) is 18.1. The fourth-order valence-corrected chi connectivity index (χ4v) is 3.51. The van der Waals surface area contributed by atoms with Crippen LogP contribution in [0.2, 0.25) is 0 Å². The number of nitrogens with zero attached hydrogens (tertiary/aromatic N) is 3. The Kier molecular flexibility index (Phi) is 4.32. The monoisotopic (exact) mass is 350 g/mol. The smallest absolute Gasteiger partial charge is 0.277 e. The van der Waals surface area contributed by atoms with E-state index < -0.39 is 0 Å². The van der Waals surface area contributed by atoms with Crippen LogP contribution in [0.4, 0.5) is 0 Å². The predicted molar refractivity (Wildman–Crippen MR) is 100 cm³/mol. The van der Waals surface area contributed by atoms with Crippen molar-refractivity contribution in [1.29, 1.82) is 0 Å². The fraction of sp³-hybridized carbons (Fsp3) is 0.350. The molecule has 134 valence electrons. The van der Waals surface area contributed by atoms with Crippen molar-refractivity contribution < 1.29 is 4.79 Å². The molecule has 6 nitrogen and oxygen atoms in total. The molecule has 4 rings (SSSR count). The second kappa shape index (κ2) is 6.78. The molecule has 1 amide bonds. The van der Waals surface area contributed by atoms with Gasteiger partial charge in [0, 0.05) is 24.0 Å². The lowest BCUT2D eigenvalue weighted by Gasteiger charge is -2.12. The second-order valence-electron chi connectivity index (χ2n) is 7.01. The summed E-state index contributed by atoms with van der Waals surface area (Å²) in [6, 6.07) is 10.1. The molecule has 0 saturated heterocycles. The molecule has 1 aliphatic rings. The number of aryl methyl sites for hydroxylation is 1. The summed E-state index contributed by atoms with van der Waals surface area (Å²) in [6.07, 6.45) is 7.72. The molecular formula is C20H22N4O2. The van der Waals surface area contributed by atoms with Gasteiger partial charge in [-0.2, -0.15) is 5.10 Å². The molecule has 0 atom stereocenters. The number of aromatic nitrogens is 3. The van der Waals surface area contributed by atoms with Crippen molar-refractivity contribution in [3.63, 3.8) is 0 Å². The van der Waals surface area contributed by atoms with Gasteiger partial charge in [-0.25, -0.2) is 4.52 Å². The summed E-state index contributed by atoms with van der Waals surface area (Å²) in [6.45, 7) is 2.07. The number of carbonyl (C=O) groups is 1. The van der Waals surface area contributed by atoms with E-state index in [0.717, 1.165) is 36.9 Å². The topological polar surface area (TPSA) is 68.4 Å². The number of amides is 1. The molecule has 0 unspecified atom stereocenters. The Balaban J connectivity index is 1.59. The first-order valence-corrected chi connectivity index (χ1v) is 9.05. The molecule has 1 saturated carbocycles. The minimum atomic E-state index is -0.208. The maximum absolute atomic E-state index is 12.7. The summed E-state index contributed by atoms with van der Waals surface area (Å²) in [5.74, 6) is -0.110. The van der Waals surface area contributed by atoms with Crippen LogP contribution in [0.15, 0.2) is 47.5 Å². The van der Waals surface area contributed by atoms with Crippen LogP contribution < -0.4 is 10.9 Å². The highest BCUT2D eigenvalue weighted by Crippen LogP contribution is 2.19. The average molecular weight is 350 g/mol. The molecule has 0 aliphatic heterocycles. The summed E-state index contributed by atoms with van der Waals surface area (Å²) < 4.78 is 3.02. The van der Waals surface area contributed by atoms with E-state index in [-0.39, 0.29) is 24.1 Å². The number of rotatable bonds is 4. The molecule has 2 aromatic heterocycles. The van der Waals surface area contributed by atoms with Crippen LogP contribution in [-0.4, -0.2) is 26.1 Å². The van der Waals surface area contributed by atoms with Crippen molar-refractivity contribution in [2.75, 3.05) is 0 Å². The lowest BCUT2D eigenvalue weighted by Crippen LogP contribution is -2.37. The van der Waals surface area contributed by atoms with Gasteiger partial charge >= 0.3 is 0 Å². The highest BCUT2D eigenvalue weighted by molar-refractivity contribution is 5.76. The minimum absolute atomic E-state index is 0.0386. The third kappa shape index (κ3) is 3.27. The van der Waals surface area contributed by atoms with Crippen LogP contribution >= 0.6 is 0 Å². The minimum Gasteiger partial charge on any atom is -0.352 e. The summed E-state index contributed by atoms with van der Waals surface area (Å²) in [5.41, 5.74) is 3.14. The normalized spacial score (nSPS) is 14.8. The zero-order valence-electron chi connectivity index (χ0n) is 14.8. The van der Waals surface area contributed by atoms with Crippen molar-refractivity contribution >= 4 is 11.4 Å². The van der Waals surface area contributed by atoms with Gasteiger partial charge in [0.05, 0.1) is 5.69 Å². The van der Waals surface area contributed by atoms with Gasteiger partial charge in [0.2, 0.25) is 5.91 Å². The van der Waals surface area contributed by atoms with Crippen molar-refractivity contribution in [1.82, 2.24) is 19.5 Å². The van der Waals surface area contributed by atoms with E-state index in [4.69, 9.17) is 0 Å². The zero-order valence-corrected chi connectivity index (χ0v) is 14.8. The highest BCUT2D eigenvalue weighted by Gasteiger charge is 2.18. The number of benzene rings is 1. The first-order chi connectivity index (χ1) is 12.6. The quantitative estimate of drug-likeness (QED) is 0.786. The molecular weight excluding hydrogens is 328 g/mol. The van der Waals surface area contributed by atoms with Crippen molar-refractivity contribution in [2.45, 2.75) is 45.2 Å². The number of hydrogen-bond acceptors (Lipinski definition) is 3. The number of carbonyl (C=O) groups excluding carboxylic acids is 1. The molecule has 3 aromatic rings. The highest BCUT2D eigenvalue weighted by atomic mass is 16.2. The number of hydrogen-bond donors (Lipinski definition) is 1. The van der Waals surface area contributed by atoms with Crippen LogP contribution in [0.3, 0.4) is 0 Å². The predicted octanol–water partition coefficient (Wildman–Crippen LogP) is 2.53. The van der Waals surface area contributed by atoms with Gasteiger partial charge in [-0.1, -0.05) is 42.7 Å². The van der Waals surface area contributed by atoms with Gasteiger partial charge in [0.1, 0.15) is 12.1 Å². The van der Waals surface area contributed by atoms with E-state index >= 15 is 0 Å². The van der Waals surface area contributed by atoms with E-state index in [2.05, 4.69) is 10.4 Å². The Morgan fingerprint density at radius 3 is 2.65 bits per heavy atom. The molecule has 26 heavy (non-hydrogen) atoms. The number of fused-ring (bicyclic) bond motifs is 1. The first kappa shape index (κ1) is 16.6. The third-order valence-corrected chi connectivity index (χ3v) is 4.99. The lowest BCUT2D eigenvalue weighted by molar-refractivity contribution is -0.122. The van der Waals surface area contributed by atoms with Gasteiger partial charge in [0.25, 0.3) is 5.56 Å². The van der Waals surface area contributed by atoms with Gasteiger partial charge in [-0.15, -0.1) is 0 Å². The molecule has 0 spiro atoms. The molecule has 1 fully saturated rings. The van der Waals surface area contributed by atoms with Crippen molar-refractivity contribution in [2.24, 2.45) is 0 Å². The Hall–Kier alpha value is -2.89. The third-order valence-electron chi connectivity index (χ3n) is 4.99. The average Bonchev–Trinajstić information content (AvgIpc) is 3.28. The molecule has 1 aromatic carbocycles. The van der Waals surface area contributed by atoms with Gasteiger partial charge in [-0.05, 0) is 25.8 Å². The number of nitrogens with one attached hydrogen (secondary N) is 1. The van der Waals surface area contributed by atoms with E-state index in [1.807, 2.05) is 31.2 Å². The Labute approximate surface area is 151 Å². The van der Waals surface area contributed by atoms with E-state index in [1.165, 1.54) is 10.1 Å². The Morgan fingerprint density at radius 1 is 1.19 bits per heavy atom. The molecule has 0 radical (unpaired) electrons. The van der Waals surface area contributed by atoms with Crippen LogP contribution in [0.5, 0.6) is 0 Å². The lowest BCUT2D eigenvalue weighted by atomic mass is 10.1. The van der Waals surface area contributed by atoms with Crippen LogP contribution in [0.25, 0.3) is 16.8 Å². The standard InChI is InChI=1S/C20H22N4O2/c1-14-6-8-15(9-7-14)17-12-18-20(26)23(10-11-24(18)22-17)13-19(25)21-16-4-2-3-5-16/h6-12,16H,2-5,13H2,1H3,(H,21,25). The Morgan fingerprint density at radius 2 is 1.92 bits per heavy atom. The van der Waals surface area contributed by atoms with Gasteiger partial charge in [-0.3, -0.25) is 9.59 Å². The Bertz CT molecular complexity index is 995. The molecule has 2 heterocycles. The van der Waals surface area contributed by atoms with E-state index in [1.54, 1.807) is 23.0 Å². The van der Waals surface area contributed by atoms with Gasteiger partial charge < -0.3 is 9.88 Å². The molecule has 1 aliphatic carbocycles. The second-order valence-corrected chi connectivity index (χ2v) is 7.01. The van der Waals surface area contributed by atoms with Crippen molar-refractivity contribution in [3.05, 3.63) is 58.6 Å². The summed E-state index contributed by atoms with van der Waals surface area (Å²) in [5, 5.41) is 7.50. The summed E-state index contributed by atoms with van der Waals surface area (Å²) in [7, 11) is 0. The fourth-order valence-electron chi connectivity index (χ4n) is 3.51. The van der Waals surface area contributed by atoms with E-state index in [0.29, 0.717) is 5.52 Å². The van der Waals surface area contributed by atoms with Crippen LogP contribution in [0.1, 0.15) is 31.2 Å².